The Morgan fingerprint density at radius 1 is 1.05 bits per heavy atom. The maximum Gasteiger partial charge on any atom is 0.338 e. The van der Waals surface area contributed by atoms with E-state index in [1.165, 1.54) is 17.3 Å². The molecule has 2 amide bonds. The molecule has 0 aliphatic carbocycles. The second-order valence-corrected chi connectivity index (χ2v) is 11.0. The molecule has 7 nitrogen and oxygen atoms in total. The van der Waals surface area contributed by atoms with Crippen LogP contribution in [0.1, 0.15) is 35.7 Å². The highest BCUT2D eigenvalue weighted by Crippen LogP contribution is 2.30. The normalized spacial score (nSPS) is 16.4. The lowest BCUT2D eigenvalue weighted by Gasteiger charge is -2.32. The number of ether oxygens (including phenoxy) is 1. The van der Waals surface area contributed by atoms with Crippen molar-refractivity contribution in [3.63, 3.8) is 0 Å². The van der Waals surface area contributed by atoms with Crippen molar-refractivity contribution < 1.29 is 19.1 Å². The van der Waals surface area contributed by atoms with Crippen LogP contribution >= 0.6 is 34.4 Å². The maximum absolute atomic E-state index is 13.3. The van der Waals surface area contributed by atoms with E-state index in [2.05, 4.69) is 40.0 Å². The summed E-state index contributed by atoms with van der Waals surface area (Å²) in [5.41, 5.74) is 2.90. The molecule has 9 heteroatoms. The summed E-state index contributed by atoms with van der Waals surface area (Å²) in [7, 11) is 0. The van der Waals surface area contributed by atoms with Gasteiger partial charge in [0.05, 0.1) is 17.9 Å². The van der Waals surface area contributed by atoms with Crippen LogP contribution in [0.2, 0.25) is 0 Å². The van der Waals surface area contributed by atoms with Gasteiger partial charge in [0.1, 0.15) is 5.25 Å². The SMILES string of the molecule is CCOC(=O)c1ccc(N=C2SC(C(=O)Nc3ccc(I)cc3)CC(=O)N2CCCc2ccccc2)cc1. The number of amidine groups is 1. The van der Waals surface area contributed by atoms with Crippen LogP contribution in [0.3, 0.4) is 0 Å². The zero-order chi connectivity index (χ0) is 26.9. The second-order valence-electron chi connectivity index (χ2n) is 8.60. The molecule has 1 unspecified atom stereocenters. The molecule has 1 N–H and O–H groups in total. The third-order valence-electron chi connectivity index (χ3n) is 5.84. The molecule has 1 fully saturated rings. The number of aliphatic imine (C=N–C) groups is 1. The molecule has 38 heavy (non-hydrogen) atoms. The number of benzene rings is 3. The number of rotatable bonds is 9. The third-order valence-corrected chi connectivity index (χ3v) is 7.74. The van der Waals surface area contributed by atoms with Gasteiger partial charge in [-0.1, -0.05) is 42.1 Å². The predicted molar refractivity (Wildman–Crippen MR) is 160 cm³/mol. The molecule has 0 saturated carbocycles. The van der Waals surface area contributed by atoms with Crippen molar-refractivity contribution in [1.82, 2.24) is 4.90 Å². The summed E-state index contributed by atoms with van der Waals surface area (Å²) in [5.74, 6) is -0.774. The lowest BCUT2D eigenvalue weighted by molar-refractivity contribution is -0.129. The summed E-state index contributed by atoms with van der Waals surface area (Å²) in [6.45, 7) is 2.55. The summed E-state index contributed by atoms with van der Waals surface area (Å²) in [5, 5.41) is 2.78. The Bertz CT molecular complexity index is 1300. The molecule has 3 aromatic carbocycles. The highest BCUT2D eigenvalue weighted by atomic mass is 127. The molecule has 0 aromatic heterocycles. The number of carbonyl (C=O) groups is 3. The highest BCUT2D eigenvalue weighted by Gasteiger charge is 2.35. The first-order chi connectivity index (χ1) is 18.4. The third kappa shape index (κ3) is 7.67. The van der Waals surface area contributed by atoms with E-state index in [1.54, 1.807) is 36.1 Å². The van der Waals surface area contributed by atoms with Gasteiger partial charge < -0.3 is 10.1 Å². The molecule has 0 radical (unpaired) electrons. The quantitative estimate of drug-likeness (QED) is 0.227. The number of carbonyl (C=O) groups excluding carboxylic acids is 3. The number of anilines is 1. The van der Waals surface area contributed by atoms with Crippen molar-refractivity contribution >= 4 is 68.7 Å². The van der Waals surface area contributed by atoms with Crippen LogP contribution in [0.15, 0.2) is 83.9 Å². The smallest absolute Gasteiger partial charge is 0.338 e. The fraction of sp³-hybridized carbons (Fsp3) is 0.241. The molecular weight excluding hydrogens is 613 g/mol. The molecule has 3 aromatic rings. The molecule has 1 aliphatic rings. The number of hydrogen-bond donors (Lipinski definition) is 1. The van der Waals surface area contributed by atoms with E-state index in [0.717, 1.165) is 16.4 Å². The Hall–Kier alpha value is -3.18. The summed E-state index contributed by atoms with van der Waals surface area (Å²) >= 11 is 3.49. The predicted octanol–water partition coefficient (Wildman–Crippen LogP) is 6.06. The fourth-order valence-electron chi connectivity index (χ4n) is 3.90. The van der Waals surface area contributed by atoms with Crippen molar-refractivity contribution in [3.8, 4) is 0 Å². The van der Waals surface area contributed by atoms with Gasteiger partial charge >= 0.3 is 5.97 Å². The average Bonchev–Trinajstić information content (AvgIpc) is 2.92. The lowest BCUT2D eigenvalue weighted by atomic mass is 10.1. The summed E-state index contributed by atoms with van der Waals surface area (Å²) < 4.78 is 6.12. The van der Waals surface area contributed by atoms with E-state index >= 15 is 0 Å². The van der Waals surface area contributed by atoms with E-state index in [0.29, 0.717) is 35.3 Å². The molecule has 4 rings (SSSR count). The Morgan fingerprint density at radius 2 is 1.76 bits per heavy atom. The first-order valence-corrected chi connectivity index (χ1v) is 14.3. The first kappa shape index (κ1) is 27.8. The topological polar surface area (TPSA) is 88.1 Å². The molecule has 1 saturated heterocycles. The van der Waals surface area contributed by atoms with Crippen LogP contribution in [0.4, 0.5) is 11.4 Å². The van der Waals surface area contributed by atoms with Gasteiger partial charge in [0.15, 0.2) is 5.17 Å². The monoisotopic (exact) mass is 641 g/mol. The number of esters is 1. The summed E-state index contributed by atoms with van der Waals surface area (Å²) in [6, 6.07) is 24.3. The summed E-state index contributed by atoms with van der Waals surface area (Å²) in [6.07, 6.45) is 1.68. The highest BCUT2D eigenvalue weighted by molar-refractivity contribution is 14.1. The van der Waals surface area contributed by atoms with Crippen LogP contribution in [0.5, 0.6) is 0 Å². The Balaban J connectivity index is 1.52. The van der Waals surface area contributed by atoms with Gasteiger partial charge in [0.25, 0.3) is 0 Å². The van der Waals surface area contributed by atoms with Crippen molar-refractivity contribution in [2.24, 2.45) is 4.99 Å². The summed E-state index contributed by atoms with van der Waals surface area (Å²) in [4.78, 5) is 44.7. The van der Waals surface area contributed by atoms with Crippen LogP contribution in [0.25, 0.3) is 0 Å². The molecule has 1 atom stereocenters. The molecular formula is C29H28IN3O4S. The number of nitrogens with one attached hydrogen (secondary N) is 1. The van der Waals surface area contributed by atoms with Crippen LogP contribution in [-0.4, -0.2) is 46.3 Å². The van der Waals surface area contributed by atoms with E-state index in [4.69, 9.17) is 9.73 Å². The van der Waals surface area contributed by atoms with Crippen LogP contribution in [0, 0.1) is 3.57 Å². The fourth-order valence-corrected chi connectivity index (χ4v) is 5.38. The van der Waals surface area contributed by atoms with Crippen molar-refractivity contribution in [2.75, 3.05) is 18.5 Å². The van der Waals surface area contributed by atoms with Gasteiger partial charge in [0, 0.05) is 22.2 Å². The minimum absolute atomic E-state index is 0.0903. The molecule has 1 aliphatic heterocycles. The average molecular weight is 642 g/mol. The molecule has 0 bridgehead atoms. The number of halogens is 1. The van der Waals surface area contributed by atoms with Gasteiger partial charge in [-0.25, -0.2) is 9.79 Å². The first-order valence-electron chi connectivity index (χ1n) is 12.4. The van der Waals surface area contributed by atoms with Crippen molar-refractivity contribution in [2.45, 2.75) is 31.4 Å². The Labute approximate surface area is 240 Å². The van der Waals surface area contributed by atoms with Crippen LogP contribution < -0.4 is 5.32 Å². The minimum Gasteiger partial charge on any atom is -0.462 e. The largest absolute Gasteiger partial charge is 0.462 e. The zero-order valence-electron chi connectivity index (χ0n) is 20.9. The molecule has 1 heterocycles. The number of nitrogens with zero attached hydrogens (tertiary/aromatic N) is 2. The Kier molecular flexibility index (Phi) is 9.94. The zero-order valence-corrected chi connectivity index (χ0v) is 23.9. The van der Waals surface area contributed by atoms with Crippen LogP contribution in [-0.2, 0) is 20.7 Å². The van der Waals surface area contributed by atoms with Gasteiger partial charge in [0.2, 0.25) is 11.8 Å². The molecule has 0 spiro atoms. The standard InChI is InChI=1S/C29H28IN3O4S/c1-2-37-28(36)21-10-14-24(15-11-21)32-29-33(18-6-9-20-7-4-3-5-8-20)26(34)19-25(38-29)27(35)31-23-16-12-22(30)13-17-23/h3-5,7-8,10-17,25H,2,6,9,18-19H2,1H3,(H,31,35). The van der Waals surface area contributed by atoms with Gasteiger partial charge in [-0.2, -0.15) is 0 Å². The van der Waals surface area contributed by atoms with E-state index in [9.17, 15) is 14.4 Å². The molecule has 196 valence electrons. The second kappa shape index (κ2) is 13.6. The van der Waals surface area contributed by atoms with Crippen molar-refractivity contribution in [3.05, 3.63) is 93.6 Å². The lowest BCUT2D eigenvalue weighted by Crippen LogP contribution is -2.45. The van der Waals surface area contributed by atoms with E-state index in [-0.39, 0.29) is 18.2 Å². The number of hydrogen-bond acceptors (Lipinski definition) is 6. The number of thioether (sulfide) groups is 1. The van der Waals surface area contributed by atoms with Gasteiger partial charge in [-0.05, 0) is 96.5 Å². The van der Waals surface area contributed by atoms with E-state index in [1.807, 2.05) is 42.5 Å². The minimum atomic E-state index is -0.607. The number of aryl methyl sites for hydroxylation is 1. The van der Waals surface area contributed by atoms with Gasteiger partial charge in [-0.15, -0.1) is 0 Å². The van der Waals surface area contributed by atoms with Crippen molar-refractivity contribution in [1.29, 1.82) is 0 Å². The maximum atomic E-state index is 13.3. The van der Waals surface area contributed by atoms with E-state index < -0.39 is 11.2 Å². The van der Waals surface area contributed by atoms with Gasteiger partial charge in [-0.3, -0.25) is 14.5 Å². The number of amides is 2. The Morgan fingerprint density at radius 3 is 2.45 bits per heavy atom.